The number of ether oxygens (including phenoxy) is 1. The Labute approximate surface area is 181 Å². The molecular formula is C22H16ClN5O3. The average molecular weight is 434 g/mol. The van der Waals surface area contributed by atoms with Crippen LogP contribution in [0.15, 0.2) is 48.8 Å². The summed E-state index contributed by atoms with van der Waals surface area (Å²) >= 11 is 6.49. The highest BCUT2D eigenvalue weighted by atomic mass is 35.5. The molecule has 9 heteroatoms. The third-order valence-electron chi connectivity index (χ3n) is 5.06. The molecule has 0 unspecified atom stereocenters. The number of H-pyrrole nitrogens is 1. The van der Waals surface area contributed by atoms with Gasteiger partial charge in [0.1, 0.15) is 5.75 Å². The first kappa shape index (κ1) is 19.1. The van der Waals surface area contributed by atoms with Crippen LogP contribution in [0.1, 0.15) is 15.9 Å². The number of carboxylic acid groups (broad SMARTS) is 1. The number of imidazole rings is 2. The van der Waals surface area contributed by atoms with E-state index >= 15 is 0 Å². The van der Waals surface area contributed by atoms with Crippen LogP contribution in [0.4, 0.5) is 0 Å². The Morgan fingerprint density at radius 1 is 1.16 bits per heavy atom. The number of aromatic amines is 1. The molecule has 8 nitrogen and oxygen atoms in total. The summed E-state index contributed by atoms with van der Waals surface area (Å²) < 4.78 is 7.67. The van der Waals surface area contributed by atoms with Crippen molar-refractivity contribution < 1.29 is 14.6 Å². The summed E-state index contributed by atoms with van der Waals surface area (Å²) in [6.07, 6.45) is 1.75. The van der Waals surface area contributed by atoms with Crippen molar-refractivity contribution in [1.82, 2.24) is 24.5 Å². The number of aryl methyl sites for hydroxylation is 2. The monoisotopic (exact) mass is 433 g/mol. The number of benzene rings is 2. The fourth-order valence-electron chi connectivity index (χ4n) is 3.44. The number of halogens is 1. The molecule has 2 N–H and O–H groups in total. The lowest BCUT2D eigenvalue weighted by atomic mass is 10.1. The largest absolute Gasteiger partial charge is 0.478 e. The minimum Gasteiger partial charge on any atom is -0.478 e. The fourth-order valence-corrected chi connectivity index (χ4v) is 3.70. The van der Waals surface area contributed by atoms with Gasteiger partial charge >= 0.3 is 12.0 Å². The van der Waals surface area contributed by atoms with Crippen molar-refractivity contribution in [1.29, 1.82) is 0 Å². The van der Waals surface area contributed by atoms with Crippen LogP contribution in [0, 0.1) is 6.92 Å². The van der Waals surface area contributed by atoms with E-state index in [0.29, 0.717) is 33.2 Å². The molecule has 0 spiro atoms. The lowest BCUT2D eigenvalue weighted by Crippen LogP contribution is -2.00. The van der Waals surface area contributed by atoms with Crippen LogP contribution in [0.25, 0.3) is 33.5 Å². The summed E-state index contributed by atoms with van der Waals surface area (Å²) in [5.41, 5.74) is 5.12. The molecule has 0 aliphatic carbocycles. The highest BCUT2D eigenvalue weighted by molar-refractivity contribution is 6.33. The number of carbonyl (C=O) groups is 1. The van der Waals surface area contributed by atoms with Crippen LogP contribution in [0.2, 0.25) is 5.02 Å². The third-order valence-corrected chi connectivity index (χ3v) is 5.35. The molecule has 0 amide bonds. The van der Waals surface area contributed by atoms with E-state index in [1.165, 1.54) is 6.07 Å². The van der Waals surface area contributed by atoms with E-state index in [0.717, 1.165) is 16.6 Å². The van der Waals surface area contributed by atoms with Crippen LogP contribution < -0.4 is 4.74 Å². The first-order chi connectivity index (χ1) is 14.9. The summed E-state index contributed by atoms with van der Waals surface area (Å²) in [7, 11) is 1.94. The summed E-state index contributed by atoms with van der Waals surface area (Å²) in [5.74, 6) is -0.662. The topological polar surface area (TPSA) is 106 Å². The van der Waals surface area contributed by atoms with Gasteiger partial charge in [-0.2, -0.15) is 4.98 Å². The Kier molecular flexibility index (Phi) is 4.37. The number of pyridine rings is 1. The summed E-state index contributed by atoms with van der Waals surface area (Å²) in [4.78, 5) is 27.7. The minimum absolute atomic E-state index is 0.169. The molecule has 154 valence electrons. The quantitative estimate of drug-likeness (QED) is 0.414. The van der Waals surface area contributed by atoms with Gasteiger partial charge in [-0.1, -0.05) is 23.7 Å². The van der Waals surface area contributed by atoms with Gasteiger partial charge in [-0.3, -0.25) is 0 Å². The number of rotatable bonds is 4. The maximum atomic E-state index is 11.4. The molecule has 0 aliphatic heterocycles. The molecule has 31 heavy (non-hydrogen) atoms. The van der Waals surface area contributed by atoms with E-state index < -0.39 is 5.97 Å². The second-order valence-corrected chi connectivity index (χ2v) is 7.58. The molecule has 0 fully saturated rings. The van der Waals surface area contributed by atoms with Crippen molar-refractivity contribution in [2.24, 2.45) is 7.05 Å². The number of fused-ring (bicyclic) bond motifs is 2. The van der Waals surface area contributed by atoms with E-state index in [4.69, 9.17) is 16.3 Å². The number of hydrogen-bond acceptors (Lipinski definition) is 5. The van der Waals surface area contributed by atoms with E-state index in [-0.39, 0.29) is 11.6 Å². The van der Waals surface area contributed by atoms with Gasteiger partial charge in [0.05, 0.1) is 39.2 Å². The Hall–Kier alpha value is -3.91. The molecule has 0 saturated heterocycles. The van der Waals surface area contributed by atoms with Crippen LogP contribution in [-0.4, -0.2) is 35.6 Å². The van der Waals surface area contributed by atoms with Crippen LogP contribution in [0.3, 0.4) is 0 Å². The Balaban J connectivity index is 1.52. The predicted octanol–water partition coefficient (Wildman–Crippen LogP) is 4.96. The van der Waals surface area contributed by atoms with Gasteiger partial charge in [0.15, 0.2) is 5.65 Å². The van der Waals surface area contributed by atoms with Crippen LogP contribution in [0.5, 0.6) is 11.8 Å². The third kappa shape index (κ3) is 3.36. The van der Waals surface area contributed by atoms with E-state index in [9.17, 15) is 9.90 Å². The smallest absolute Gasteiger partial charge is 0.336 e. The Bertz CT molecular complexity index is 1490. The molecule has 5 rings (SSSR count). The zero-order chi connectivity index (χ0) is 21.7. The molecule has 3 heterocycles. The van der Waals surface area contributed by atoms with E-state index in [1.54, 1.807) is 31.5 Å². The van der Waals surface area contributed by atoms with Crippen molar-refractivity contribution >= 4 is 39.8 Å². The number of nitrogens with one attached hydrogen (secondary N) is 1. The lowest BCUT2D eigenvalue weighted by molar-refractivity contribution is 0.0695. The van der Waals surface area contributed by atoms with Crippen molar-refractivity contribution in [3.63, 3.8) is 0 Å². The maximum Gasteiger partial charge on any atom is 0.336 e. The first-order valence-electron chi connectivity index (χ1n) is 9.38. The SMILES string of the molecule is Cc1ccc(Oc2nc3nc(-c4ccc5c(c4)ncn5C)c(Cl)cc3[nH]2)cc1C(=O)O. The number of aromatic nitrogens is 5. The summed E-state index contributed by atoms with van der Waals surface area (Å²) in [5, 5.41) is 9.76. The van der Waals surface area contributed by atoms with Crippen molar-refractivity contribution in [2.45, 2.75) is 6.92 Å². The predicted molar refractivity (Wildman–Crippen MR) is 117 cm³/mol. The standard InChI is InChI=1S/C22H16ClN5O3/c1-11-3-5-13(8-14(11)21(29)30)31-22-25-17-9-15(23)19(26-20(17)27-22)12-4-6-18-16(7-12)24-10-28(18)2/h3-10H,1-2H3,(H,29,30)(H,25,26,27). The molecule has 2 aromatic carbocycles. The molecule has 3 aromatic heterocycles. The fraction of sp³-hybridized carbons (Fsp3) is 0.0909. The maximum absolute atomic E-state index is 11.4. The van der Waals surface area contributed by atoms with Gasteiger partial charge in [0, 0.05) is 12.6 Å². The molecule has 0 radical (unpaired) electrons. The molecule has 0 aliphatic rings. The number of carboxylic acids is 1. The molecule has 5 aromatic rings. The highest BCUT2D eigenvalue weighted by Crippen LogP contribution is 2.32. The summed E-state index contributed by atoms with van der Waals surface area (Å²) in [6.45, 7) is 1.73. The number of hydrogen-bond donors (Lipinski definition) is 2. The van der Waals surface area contributed by atoms with Gasteiger partial charge in [0.25, 0.3) is 0 Å². The summed E-state index contributed by atoms with van der Waals surface area (Å²) in [6, 6.07) is 12.6. The molecule has 0 bridgehead atoms. The zero-order valence-corrected chi connectivity index (χ0v) is 17.3. The van der Waals surface area contributed by atoms with E-state index in [1.807, 2.05) is 29.8 Å². The normalized spacial score (nSPS) is 11.3. The highest BCUT2D eigenvalue weighted by Gasteiger charge is 2.15. The van der Waals surface area contributed by atoms with Gasteiger partial charge in [-0.15, -0.1) is 0 Å². The second-order valence-electron chi connectivity index (χ2n) is 7.17. The van der Waals surface area contributed by atoms with Gasteiger partial charge in [0.2, 0.25) is 0 Å². The zero-order valence-electron chi connectivity index (χ0n) is 16.5. The van der Waals surface area contributed by atoms with Crippen molar-refractivity contribution in [3.8, 4) is 23.0 Å². The molecular weight excluding hydrogens is 418 g/mol. The van der Waals surface area contributed by atoms with Gasteiger partial charge < -0.3 is 19.4 Å². The van der Waals surface area contributed by atoms with Gasteiger partial charge in [-0.25, -0.2) is 14.8 Å². The number of nitrogens with zero attached hydrogens (tertiary/aromatic N) is 4. The second kappa shape index (κ2) is 7.10. The Morgan fingerprint density at radius 2 is 2.00 bits per heavy atom. The molecule has 0 saturated carbocycles. The number of aromatic carboxylic acids is 1. The van der Waals surface area contributed by atoms with Crippen molar-refractivity contribution in [2.75, 3.05) is 0 Å². The van der Waals surface area contributed by atoms with Gasteiger partial charge in [-0.05, 0) is 42.8 Å². The first-order valence-corrected chi connectivity index (χ1v) is 9.76. The van der Waals surface area contributed by atoms with E-state index in [2.05, 4.69) is 19.9 Å². The lowest BCUT2D eigenvalue weighted by Gasteiger charge is -2.05. The average Bonchev–Trinajstić information content (AvgIpc) is 3.30. The van der Waals surface area contributed by atoms with Crippen LogP contribution >= 0.6 is 11.6 Å². The molecule has 0 atom stereocenters. The van der Waals surface area contributed by atoms with Crippen molar-refractivity contribution in [3.05, 3.63) is 64.9 Å². The Morgan fingerprint density at radius 3 is 2.81 bits per heavy atom. The minimum atomic E-state index is -1.02. The van der Waals surface area contributed by atoms with Crippen LogP contribution in [-0.2, 0) is 7.05 Å².